The SMILES string of the molecule is CC1CN(Cc2ccccc2CNC(=O)c2cccc(Cl)c2Cl)CC(C)O1. The molecule has 1 aliphatic rings. The molecule has 0 spiro atoms. The third-order valence-electron chi connectivity index (χ3n) is 4.64. The fourth-order valence-electron chi connectivity index (χ4n) is 3.49. The monoisotopic (exact) mass is 406 g/mol. The first-order chi connectivity index (χ1) is 12.9. The van der Waals surface area contributed by atoms with E-state index in [1.54, 1.807) is 18.2 Å². The first kappa shape index (κ1) is 20.2. The zero-order valence-corrected chi connectivity index (χ0v) is 17.1. The molecule has 1 saturated heterocycles. The van der Waals surface area contributed by atoms with Gasteiger partial charge in [-0.25, -0.2) is 0 Å². The summed E-state index contributed by atoms with van der Waals surface area (Å²) in [6.45, 7) is 7.29. The summed E-state index contributed by atoms with van der Waals surface area (Å²) in [7, 11) is 0. The van der Waals surface area contributed by atoms with Crippen molar-refractivity contribution in [2.45, 2.75) is 39.1 Å². The average Bonchev–Trinajstić information content (AvgIpc) is 2.62. The molecule has 6 heteroatoms. The number of hydrogen-bond donors (Lipinski definition) is 1. The number of morpholine rings is 1. The summed E-state index contributed by atoms with van der Waals surface area (Å²) in [4.78, 5) is 14.9. The number of rotatable bonds is 5. The van der Waals surface area contributed by atoms with Gasteiger partial charge in [-0.05, 0) is 37.1 Å². The molecule has 1 heterocycles. The van der Waals surface area contributed by atoms with E-state index in [-0.39, 0.29) is 23.1 Å². The molecule has 27 heavy (non-hydrogen) atoms. The molecule has 1 aliphatic heterocycles. The lowest BCUT2D eigenvalue weighted by Gasteiger charge is -2.35. The van der Waals surface area contributed by atoms with Crippen molar-refractivity contribution in [2.75, 3.05) is 13.1 Å². The summed E-state index contributed by atoms with van der Waals surface area (Å²) in [5.74, 6) is -0.231. The number of benzene rings is 2. The molecule has 2 aromatic carbocycles. The van der Waals surface area contributed by atoms with Gasteiger partial charge in [0.05, 0.1) is 27.8 Å². The van der Waals surface area contributed by atoms with Crippen LogP contribution in [0.2, 0.25) is 10.0 Å². The molecule has 0 bridgehead atoms. The number of nitrogens with zero attached hydrogens (tertiary/aromatic N) is 1. The predicted octanol–water partition coefficient (Wildman–Crippen LogP) is 4.53. The van der Waals surface area contributed by atoms with E-state index in [2.05, 4.69) is 30.1 Å². The summed E-state index contributed by atoms with van der Waals surface area (Å²) < 4.78 is 5.81. The van der Waals surface area contributed by atoms with E-state index in [4.69, 9.17) is 27.9 Å². The van der Waals surface area contributed by atoms with Crippen LogP contribution in [0, 0.1) is 0 Å². The molecule has 0 aliphatic carbocycles. The second kappa shape index (κ2) is 9.07. The molecule has 0 radical (unpaired) electrons. The number of amides is 1. The van der Waals surface area contributed by atoms with Crippen LogP contribution >= 0.6 is 23.2 Å². The molecule has 1 N–H and O–H groups in total. The Morgan fingerprint density at radius 3 is 2.44 bits per heavy atom. The Kier molecular flexibility index (Phi) is 6.77. The van der Waals surface area contributed by atoms with Gasteiger partial charge in [-0.15, -0.1) is 0 Å². The first-order valence-corrected chi connectivity index (χ1v) is 9.86. The second-order valence-electron chi connectivity index (χ2n) is 7.00. The van der Waals surface area contributed by atoms with Crippen LogP contribution in [0.4, 0.5) is 0 Å². The minimum Gasteiger partial charge on any atom is -0.373 e. The Bertz CT molecular complexity index is 803. The summed E-state index contributed by atoms with van der Waals surface area (Å²) in [5.41, 5.74) is 2.68. The van der Waals surface area contributed by atoms with Gasteiger partial charge in [0.25, 0.3) is 5.91 Å². The van der Waals surface area contributed by atoms with Gasteiger partial charge in [0.1, 0.15) is 0 Å². The molecule has 2 atom stereocenters. The maximum atomic E-state index is 12.5. The van der Waals surface area contributed by atoms with Crippen molar-refractivity contribution in [3.05, 3.63) is 69.2 Å². The van der Waals surface area contributed by atoms with Crippen LogP contribution < -0.4 is 5.32 Å². The van der Waals surface area contributed by atoms with Crippen molar-refractivity contribution in [3.8, 4) is 0 Å². The Morgan fingerprint density at radius 1 is 1.07 bits per heavy atom. The number of ether oxygens (including phenoxy) is 1. The smallest absolute Gasteiger partial charge is 0.253 e. The fraction of sp³-hybridized carbons (Fsp3) is 0.381. The Morgan fingerprint density at radius 2 is 1.74 bits per heavy atom. The van der Waals surface area contributed by atoms with E-state index < -0.39 is 0 Å². The maximum Gasteiger partial charge on any atom is 0.253 e. The van der Waals surface area contributed by atoms with Crippen molar-refractivity contribution < 1.29 is 9.53 Å². The molecular weight excluding hydrogens is 383 g/mol. The zero-order valence-electron chi connectivity index (χ0n) is 15.5. The molecule has 3 rings (SSSR count). The second-order valence-corrected chi connectivity index (χ2v) is 7.79. The normalized spacial score (nSPS) is 20.4. The number of nitrogens with one attached hydrogen (secondary N) is 1. The Hall–Kier alpha value is -1.59. The van der Waals surface area contributed by atoms with Crippen molar-refractivity contribution >= 4 is 29.1 Å². The van der Waals surface area contributed by atoms with Crippen LogP contribution in [0.3, 0.4) is 0 Å². The lowest BCUT2D eigenvalue weighted by Crippen LogP contribution is -2.45. The van der Waals surface area contributed by atoms with E-state index in [9.17, 15) is 4.79 Å². The van der Waals surface area contributed by atoms with Crippen LogP contribution in [0.1, 0.15) is 35.3 Å². The minimum atomic E-state index is -0.231. The van der Waals surface area contributed by atoms with Crippen molar-refractivity contribution in [3.63, 3.8) is 0 Å². The lowest BCUT2D eigenvalue weighted by molar-refractivity contribution is -0.0705. The highest BCUT2D eigenvalue weighted by Gasteiger charge is 2.22. The molecule has 1 amide bonds. The zero-order chi connectivity index (χ0) is 19.4. The van der Waals surface area contributed by atoms with Gasteiger partial charge in [-0.3, -0.25) is 9.69 Å². The van der Waals surface area contributed by atoms with Crippen molar-refractivity contribution in [2.24, 2.45) is 0 Å². The number of carbonyl (C=O) groups excluding carboxylic acids is 1. The van der Waals surface area contributed by atoms with E-state index in [1.807, 2.05) is 18.2 Å². The Balaban J connectivity index is 1.67. The standard InChI is InChI=1S/C21H24Cl2N2O2/c1-14-11-25(12-15(2)27-14)13-17-7-4-3-6-16(17)10-24-21(26)18-8-5-9-19(22)20(18)23/h3-9,14-15H,10-13H2,1-2H3,(H,24,26). The average molecular weight is 407 g/mol. The Labute approximate surface area is 170 Å². The lowest BCUT2D eigenvalue weighted by atomic mass is 10.1. The van der Waals surface area contributed by atoms with Gasteiger partial charge in [-0.1, -0.05) is 53.5 Å². The first-order valence-electron chi connectivity index (χ1n) is 9.11. The molecular formula is C21H24Cl2N2O2. The van der Waals surface area contributed by atoms with E-state index in [0.717, 1.165) is 25.2 Å². The molecule has 4 nitrogen and oxygen atoms in total. The quantitative estimate of drug-likeness (QED) is 0.792. The van der Waals surface area contributed by atoms with Gasteiger partial charge in [-0.2, -0.15) is 0 Å². The van der Waals surface area contributed by atoms with Crippen molar-refractivity contribution in [1.82, 2.24) is 10.2 Å². The van der Waals surface area contributed by atoms with Gasteiger partial charge < -0.3 is 10.1 Å². The number of halogens is 2. The molecule has 144 valence electrons. The molecule has 2 unspecified atom stereocenters. The van der Waals surface area contributed by atoms with Crippen molar-refractivity contribution in [1.29, 1.82) is 0 Å². The topological polar surface area (TPSA) is 41.6 Å². The highest BCUT2D eigenvalue weighted by Crippen LogP contribution is 2.25. The van der Waals surface area contributed by atoms with Gasteiger partial charge >= 0.3 is 0 Å². The number of carbonyl (C=O) groups is 1. The highest BCUT2D eigenvalue weighted by molar-refractivity contribution is 6.43. The van der Waals surface area contributed by atoms with Gasteiger partial charge in [0, 0.05) is 26.2 Å². The van der Waals surface area contributed by atoms with E-state index >= 15 is 0 Å². The van der Waals surface area contributed by atoms with Crippen LogP contribution in [-0.2, 0) is 17.8 Å². The van der Waals surface area contributed by atoms with Crippen LogP contribution in [-0.4, -0.2) is 36.1 Å². The maximum absolute atomic E-state index is 12.5. The van der Waals surface area contributed by atoms with Gasteiger partial charge in [0.15, 0.2) is 0 Å². The van der Waals surface area contributed by atoms with E-state index in [1.165, 1.54) is 5.56 Å². The van der Waals surface area contributed by atoms with Crippen LogP contribution in [0.5, 0.6) is 0 Å². The van der Waals surface area contributed by atoms with Gasteiger partial charge in [0.2, 0.25) is 0 Å². The molecule has 0 saturated carbocycles. The molecule has 0 aromatic heterocycles. The number of hydrogen-bond acceptors (Lipinski definition) is 3. The largest absolute Gasteiger partial charge is 0.373 e. The summed E-state index contributed by atoms with van der Waals surface area (Å²) >= 11 is 12.2. The summed E-state index contributed by atoms with van der Waals surface area (Å²) in [6, 6.07) is 13.2. The minimum absolute atomic E-state index is 0.227. The van der Waals surface area contributed by atoms with Crippen LogP contribution in [0.15, 0.2) is 42.5 Å². The summed E-state index contributed by atoms with van der Waals surface area (Å²) in [6.07, 6.45) is 0.455. The van der Waals surface area contributed by atoms with Crippen LogP contribution in [0.25, 0.3) is 0 Å². The molecule has 1 fully saturated rings. The predicted molar refractivity (Wildman–Crippen MR) is 109 cm³/mol. The molecule has 2 aromatic rings. The fourth-order valence-corrected chi connectivity index (χ4v) is 3.87. The third kappa shape index (κ3) is 5.23. The highest BCUT2D eigenvalue weighted by atomic mass is 35.5. The van der Waals surface area contributed by atoms with E-state index in [0.29, 0.717) is 17.1 Å². The summed E-state index contributed by atoms with van der Waals surface area (Å²) in [5, 5.41) is 3.61. The third-order valence-corrected chi connectivity index (χ3v) is 5.46.